The molecule has 0 heterocycles. The average Bonchev–Trinajstić information content (AvgIpc) is 1.97. The first-order chi connectivity index (χ1) is 5.15. The summed E-state index contributed by atoms with van der Waals surface area (Å²) in [5, 5.41) is 0. The average molecular weight is 222 g/mol. The third-order valence-corrected chi connectivity index (χ3v) is 1.75. The fourth-order valence-electron chi connectivity index (χ4n) is 0.615. The summed E-state index contributed by atoms with van der Waals surface area (Å²) in [4.78, 5) is 0. The van der Waals surface area contributed by atoms with Crippen LogP contribution in [0.4, 0.5) is 8.78 Å². The van der Waals surface area contributed by atoms with Crippen molar-refractivity contribution in [3.8, 4) is 5.75 Å². The number of halogens is 3. The van der Waals surface area contributed by atoms with Crippen molar-refractivity contribution in [1.29, 1.82) is 0 Å². The Morgan fingerprint density at radius 2 is 1.82 bits per heavy atom. The van der Waals surface area contributed by atoms with Gasteiger partial charge in [-0.15, -0.1) is 0 Å². The lowest BCUT2D eigenvalue weighted by atomic mass is 10.3. The number of benzene rings is 1. The maximum Gasteiger partial charge on any atom is 0.162 e. The van der Waals surface area contributed by atoms with E-state index in [1.165, 1.54) is 0 Å². The molecule has 0 N–H and O–H groups in total. The molecule has 0 spiro atoms. The molecule has 0 atom stereocenters. The minimum absolute atomic E-state index is 0.170. The van der Waals surface area contributed by atoms with Gasteiger partial charge in [-0.3, -0.25) is 0 Å². The molecule has 0 aliphatic heterocycles. The van der Waals surface area contributed by atoms with Crippen LogP contribution < -0.4 is 4.74 Å². The van der Waals surface area contributed by atoms with E-state index in [1.54, 1.807) is 0 Å². The highest BCUT2D eigenvalue weighted by atomic mass is 79.9. The molecule has 0 saturated carbocycles. The van der Waals surface area contributed by atoms with Gasteiger partial charge < -0.3 is 4.74 Å². The number of ether oxygens (including phenoxy) is 1. The topological polar surface area (TPSA) is 9.23 Å². The molecule has 4 heteroatoms. The summed E-state index contributed by atoms with van der Waals surface area (Å²) in [5.41, 5.74) is 0. The fourth-order valence-corrected chi connectivity index (χ4v) is 1.04. The second kappa shape index (κ2) is 3.17. The standard InChI is InChI=1S/C7H4BrF2O/c1-11-7-3-6(10)5(9)2-4(7)8/h2-3H,1H2. The Bertz CT molecular complexity index is 275. The van der Waals surface area contributed by atoms with Crippen LogP contribution in [-0.2, 0) is 0 Å². The second-order valence-electron chi connectivity index (χ2n) is 1.84. The van der Waals surface area contributed by atoms with Crippen molar-refractivity contribution in [3.63, 3.8) is 0 Å². The number of rotatable bonds is 1. The van der Waals surface area contributed by atoms with Gasteiger partial charge in [0.15, 0.2) is 11.6 Å². The molecular weight excluding hydrogens is 218 g/mol. The summed E-state index contributed by atoms with van der Waals surface area (Å²) < 4.78 is 29.7. The highest BCUT2D eigenvalue weighted by Crippen LogP contribution is 2.26. The van der Waals surface area contributed by atoms with E-state index in [-0.39, 0.29) is 5.75 Å². The van der Waals surface area contributed by atoms with E-state index in [4.69, 9.17) is 0 Å². The lowest BCUT2D eigenvalue weighted by Gasteiger charge is -2.01. The highest BCUT2D eigenvalue weighted by Gasteiger charge is 2.07. The monoisotopic (exact) mass is 221 g/mol. The van der Waals surface area contributed by atoms with Crippen LogP contribution in [-0.4, -0.2) is 0 Å². The summed E-state index contributed by atoms with van der Waals surface area (Å²) in [7, 11) is 3.07. The second-order valence-corrected chi connectivity index (χ2v) is 2.70. The van der Waals surface area contributed by atoms with Gasteiger partial charge >= 0.3 is 0 Å². The first kappa shape index (κ1) is 8.46. The maximum absolute atomic E-state index is 12.4. The highest BCUT2D eigenvalue weighted by molar-refractivity contribution is 9.10. The van der Waals surface area contributed by atoms with Crippen LogP contribution in [0.15, 0.2) is 16.6 Å². The quantitative estimate of drug-likeness (QED) is 0.663. The Morgan fingerprint density at radius 1 is 1.27 bits per heavy atom. The first-order valence-electron chi connectivity index (χ1n) is 2.71. The summed E-state index contributed by atoms with van der Waals surface area (Å²) >= 11 is 2.97. The van der Waals surface area contributed by atoms with Crippen LogP contribution >= 0.6 is 15.9 Å². The van der Waals surface area contributed by atoms with Crippen LogP contribution in [0.3, 0.4) is 0 Å². The third kappa shape index (κ3) is 1.68. The molecule has 1 aromatic rings. The molecule has 1 rings (SSSR count). The smallest absolute Gasteiger partial charge is 0.162 e. The molecule has 1 radical (unpaired) electrons. The van der Waals surface area contributed by atoms with E-state index in [9.17, 15) is 8.78 Å². The van der Waals surface area contributed by atoms with Gasteiger partial charge in [-0.25, -0.2) is 8.78 Å². The van der Waals surface area contributed by atoms with Gasteiger partial charge in [-0.2, -0.15) is 0 Å². The Labute approximate surface area is 71.1 Å². The predicted octanol–water partition coefficient (Wildman–Crippen LogP) is 2.90. The van der Waals surface area contributed by atoms with Crippen LogP contribution in [0, 0.1) is 18.7 Å². The summed E-state index contributed by atoms with van der Waals surface area (Å²) in [5.74, 6) is -1.70. The van der Waals surface area contributed by atoms with Gasteiger partial charge in [0.1, 0.15) is 12.9 Å². The van der Waals surface area contributed by atoms with Gasteiger partial charge in [0, 0.05) is 6.07 Å². The van der Waals surface area contributed by atoms with Crippen LogP contribution in [0.1, 0.15) is 0 Å². The van der Waals surface area contributed by atoms with Crippen molar-refractivity contribution in [2.75, 3.05) is 0 Å². The maximum atomic E-state index is 12.4. The number of hydrogen-bond donors (Lipinski definition) is 0. The molecule has 0 aliphatic rings. The van der Waals surface area contributed by atoms with Gasteiger partial charge in [-0.1, -0.05) is 0 Å². The zero-order valence-corrected chi connectivity index (χ0v) is 6.99. The molecule has 0 unspecified atom stereocenters. The molecule has 1 aromatic carbocycles. The molecule has 0 saturated heterocycles. The van der Waals surface area contributed by atoms with Crippen LogP contribution in [0.25, 0.3) is 0 Å². The first-order valence-corrected chi connectivity index (χ1v) is 3.51. The zero-order valence-electron chi connectivity index (χ0n) is 5.40. The van der Waals surface area contributed by atoms with Crippen molar-refractivity contribution < 1.29 is 13.5 Å². The largest absolute Gasteiger partial charge is 0.489 e. The Balaban J connectivity index is 3.21. The minimum atomic E-state index is -0.952. The molecule has 0 aromatic heterocycles. The minimum Gasteiger partial charge on any atom is -0.489 e. The van der Waals surface area contributed by atoms with E-state index >= 15 is 0 Å². The van der Waals surface area contributed by atoms with Crippen molar-refractivity contribution in [3.05, 3.63) is 35.3 Å². The Hall–Kier alpha value is -0.640. The molecule has 59 valence electrons. The Morgan fingerprint density at radius 3 is 2.36 bits per heavy atom. The van der Waals surface area contributed by atoms with Gasteiger partial charge in [0.2, 0.25) is 0 Å². The molecule has 0 amide bonds. The van der Waals surface area contributed by atoms with Crippen molar-refractivity contribution in [1.82, 2.24) is 0 Å². The van der Waals surface area contributed by atoms with Crippen LogP contribution in [0.2, 0.25) is 0 Å². The summed E-state index contributed by atoms with van der Waals surface area (Å²) in [6.07, 6.45) is 0. The summed E-state index contributed by atoms with van der Waals surface area (Å²) in [6, 6.07) is 1.91. The SMILES string of the molecule is [CH2]Oc1cc(F)c(F)cc1Br. The molecule has 11 heavy (non-hydrogen) atoms. The predicted molar refractivity (Wildman–Crippen MR) is 40.0 cm³/mol. The fraction of sp³-hybridized carbons (Fsp3) is 0. The molecule has 0 fully saturated rings. The molecular formula is C7H4BrF2O. The zero-order chi connectivity index (χ0) is 8.43. The van der Waals surface area contributed by atoms with E-state index in [2.05, 4.69) is 27.8 Å². The van der Waals surface area contributed by atoms with E-state index in [0.717, 1.165) is 12.1 Å². The molecule has 1 nitrogen and oxygen atoms in total. The third-order valence-electron chi connectivity index (χ3n) is 1.13. The van der Waals surface area contributed by atoms with Crippen LogP contribution in [0.5, 0.6) is 5.75 Å². The van der Waals surface area contributed by atoms with Gasteiger partial charge in [0.25, 0.3) is 0 Å². The van der Waals surface area contributed by atoms with Crippen molar-refractivity contribution >= 4 is 15.9 Å². The van der Waals surface area contributed by atoms with E-state index in [1.807, 2.05) is 0 Å². The van der Waals surface area contributed by atoms with Crippen molar-refractivity contribution in [2.24, 2.45) is 0 Å². The summed E-state index contributed by atoms with van der Waals surface area (Å²) in [6.45, 7) is 0. The lowest BCUT2D eigenvalue weighted by Crippen LogP contribution is -1.87. The van der Waals surface area contributed by atoms with E-state index in [0.29, 0.717) is 4.47 Å². The normalized spacial score (nSPS) is 9.82. The molecule has 0 aliphatic carbocycles. The lowest BCUT2D eigenvalue weighted by molar-refractivity contribution is 0.451. The number of hydrogen-bond acceptors (Lipinski definition) is 1. The Kier molecular flexibility index (Phi) is 2.44. The van der Waals surface area contributed by atoms with Crippen molar-refractivity contribution in [2.45, 2.75) is 0 Å². The van der Waals surface area contributed by atoms with Gasteiger partial charge in [0.05, 0.1) is 4.47 Å². The van der Waals surface area contributed by atoms with Gasteiger partial charge in [-0.05, 0) is 22.0 Å². The molecule has 0 bridgehead atoms. The van der Waals surface area contributed by atoms with E-state index < -0.39 is 11.6 Å².